The predicted molar refractivity (Wildman–Crippen MR) is 153 cm³/mol. The van der Waals surface area contributed by atoms with Crippen molar-refractivity contribution in [2.45, 2.75) is 6.92 Å². The highest BCUT2D eigenvalue weighted by Crippen LogP contribution is 2.30. The van der Waals surface area contributed by atoms with Gasteiger partial charge in [0.05, 0.1) is 12.8 Å². The zero-order valence-electron chi connectivity index (χ0n) is 21.6. The second kappa shape index (κ2) is 11.5. The normalized spacial score (nSPS) is 13.8. The van der Waals surface area contributed by atoms with E-state index in [0.29, 0.717) is 28.7 Å². The van der Waals surface area contributed by atoms with Crippen molar-refractivity contribution >= 4 is 35.1 Å². The highest BCUT2D eigenvalue weighted by Gasteiger charge is 2.32. The summed E-state index contributed by atoms with van der Waals surface area (Å²) in [6.45, 7) is 1.85. The Bertz CT molecular complexity index is 1560. The highest BCUT2D eigenvalue weighted by molar-refractivity contribution is 6.33. The van der Waals surface area contributed by atoms with Crippen molar-refractivity contribution in [1.29, 1.82) is 0 Å². The van der Waals surface area contributed by atoms with Gasteiger partial charge in [0.1, 0.15) is 23.0 Å². The first-order valence-electron chi connectivity index (χ1n) is 12.4. The number of amides is 2. The van der Waals surface area contributed by atoms with E-state index in [2.05, 4.69) is 5.32 Å². The first-order valence-corrected chi connectivity index (χ1v) is 12.4. The number of nitrogens with zero attached hydrogens (tertiary/aromatic N) is 2. The van der Waals surface area contributed by atoms with E-state index in [1.165, 1.54) is 0 Å². The van der Waals surface area contributed by atoms with E-state index in [0.717, 1.165) is 22.4 Å². The van der Waals surface area contributed by atoms with Crippen LogP contribution in [0.4, 0.5) is 11.4 Å². The van der Waals surface area contributed by atoms with Gasteiger partial charge >= 0.3 is 0 Å². The van der Waals surface area contributed by atoms with Gasteiger partial charge in [-0.1, -0.05) is 60.7 Å². The number of hydrogen-bond donors (Lipinski definition) is 1. The quantitative estimate of drug-likeness (QED) is 0.297. The number of ether oxygens (including phenoxy) is 2. The maximum absolute atomic E-state index is 13.5. The predicted octanol–water partition coefficient (Wildman–Crippen LogP) is 5.86. The molecular formula is C32H27N3O4. The second-order valence-corrected chi connectivity index (χ2v) is 8.95. The molecule has 0 radical (unpaired) electrons. The molecule has 4 aromatic carbocycles. The van der Waals surface area contributed by atoms with Gasteiger partial charge < -0.3 is 14.8 Å². The fourth-order valence-corrected chi connectivity index (χ4v) is 4.17. The molecule has 0 unspecified atom stereocenters. The SMILES string of the molecule is COc1cccc(N2C(=O)/C(=C/c3ccc(OCC(=O)Nc4cccc(C)c4)cc3)N=C2c2ccccc2)c1. The molecule has 0 saturated carbocycles. The van der Waals surface area contributed by atoms with Crippen LogP contribution in [0.5, 0.6) is 11.5 Å². The van der Waals surface area contributed by atoms with Crippen LogP contribution in [0, 0.1) is 6.92 Å². The smallest absolute Gasteiger partial charge is 0.282 e. The van der Waals surface area contributed by atoms with Crippen LogP contribution < -0.4 is 19.7 Å². The molecule has 4 aromatic rings. The lowest BCUT2D eigenvalue weighted by atomic mass is 10.1. The largest absolute Gasteiger partial charge is 0.497 e. The van der Waals surface area contributed by atoms with Crippen LogP contribution in [-0.4, -0.2) is 31.4 Å². The first kappa shape index (κ1) is 25.5. The fourth-order valence-electron chi connectivity index (χ4n) is 4.17. The van der Waals surface area contributed by atoms with Gasteiger partial charge in [-0.2, -0.15) is 0 Å². The molecule has 1 N–H and O–H groups in total. The molecule has 0 spiro atoms. The Morgan fingerprint density at radius 3 is 2.41 bits per heavy atom. The Kier molecular flexibility index (Phi) is 7.50. The van der Waals surface area contributed by atoms with Crippen molar-refractivity contribution in [2.24, 2.45) is 4.99 Å². The third kappa shape index (κ3) is 6.05. The van der Waals surface area contributed by atoms with E-state index in [9.17, 15) is 9.59 Å². The lowest BCUT2D eigenvalue weighted by molar-refractivity contribution is -0.118. The van der Waals surface area contributed by atoms with Gasteiger partial charge in [-0.3, -0.25) is 14.5 Å². The molecule has 0 aliphatic carbocycles. The number of nitrogens with one attached hydrogen (secondary N) is 1. The molecule has 1 aliphatic rings. The molecule has 7 heteroatoms. The molecule has 5 rings (SSSR count). The summed E-state index contributed by atoms with van der Waals surface area (Å²) in [5, 5.41) is 2.82. The minimum Gasteiger partial charge on any atom is -0.497 e. The topological polar surface area (TPSA) is 80.2 Å². The monoisotopic (exact) mass is 517 g/mol. The summed E-state index contributed by atoms with van der Waals surface area (Å²) in [4.78, 5) is 32.1. The summed E-state index contributed by atoms with van der Waals surface area (Å²) >= 11 is 0. The summed E-state index contributed by atoms with van der Waals surface area (Å²) < 4.78 is 11.0. The Morgan fingerprint density at radius 2 is 1.67 bits per heavy atom. The molecule has 0 saturated heterocycles. The van der Waals surface area contributed by atoms with E-state index in [4.69, 9.17) is 14.5 Å². The number of aryl methyl sites for hydroxylation is 1. The summed E-state index contributed by atoms with van der Waals surface area (Å²) in [5.74, 6) is 1.24. The van der Waals surface area contributed by atoms with Crippen LogP contribution in [-0.2, 0) is 9.59 Å². The lowest BCUT2D eigenvalue weighted by Crippen LogP contribution is -2.32. The van der Waals surface area contributed by atoms with Crippen LogP contribution in [0.1, 0.15) is 16.7 Å². The van der Waals surface area contributed by atoms with Gasteiger partial charge in [0.25, 0.3) is 11.8 Å². The first-order chi connectivity index (χ1) is 19.0. The minimum absolute atomic E-state index is 0.118. The van der Waals surface area contributed by atoms with E-state index < -0.39 is 0 Å². The Hall–Kier alpha value is -5.17. The van der Waals surface area contributed by atoms with Gasteiger partial charge in [-0.15, -0.1) is 0 Å². The molecule has 1 heterocycles. The molecule has 1 aliphatic heterocycles. The van der Waals surface area contributed by atoms with Crippen LogP contribution in [0.3, 0.4) is 0 Å². The van der Waals surface area contributed by atoms with Crippen LogP contribution in [0.15, 0.2) is 114 Å². The molecule has 194 valence electrons. The van der Waals surface area contributed by atoms with Crippen molar-refractivity contribution in [3.8, 4) is 11.5 Å². The molecular weight excluding hydrogens is 490 g/mol. The zero-order chi connectivity index (χ0) is 27.2. The van der Waals surface area contributed by atoms with Gasteiger partial charge in [0.2, 0.25) is 0 Å². The van der Waals surface area contributed by atoms with Crippen molar-refractivity contribution in [3.63, 3.8) is 0 Å². The highest BCUT2D eigenvalue weighted by atomic mass is 16.5. The number of carbonyl (C=O) groups excluding carboxylic acids is 2. The standard InChI is InChI=1S/C32H27N3O4/c1-22-8-6-11-25(18-22)33-30(36)21-39-27-16-14-23(15-17-27)19-29-32(37)35(26-12-7-13-28(20-26)38-2)31(34-29)24-9-4-3-5-10-24/h3-20H,21H2,1-2H3,(H,33,36)/b29-19-. The van der Waals surface area contributed by atoms with Crippen LogP contribution >= 0.6 is 0 Å². The summed E-state index contributed by atoms with van der Waals surface area (Å²) in [6.07, 6.45) is 1.74. The second-order valence-electron chi connectivity index (χ2n) is 8.95. The van der Waals surface area contributed by atoms with Gasteiger partial charge in [0.15, 0.2) is 6.61 Å². The summed E-state index contributed by atoms with van der Waals surface area (Å²) in [5.41, 5.74) is 4.36. The number of carbonyl (C=O) groups is 2. The van der Waals surface area contributed by atoms with Crippen molar-refractivity contribution in [2.75, 3.05) is 23.9 Å². The molecule has 0 atom stereocenters. The van der Waals surface area contributed by atoms with E-state index in [1.807, 2.05) is 91.9 Å². The van der Waals surface area contributed by atoms with Gasteiger partial charge in [-0.05, 0) is 60.5 Å². The number of hydrogen-bond acceptors (Lipinski definition) is 5. The molecule has 2 amide bonds. The maximum Gasteiger partial charge on any atom is 0.282 e. The number of benzene rings is 4. The molecule has 0 bridgehead atoms. The van der Waals surface area contributed by atoms with Crippen molar-refractivity contribution < 1.29 is 19.1 Å². The number of anilines is 2. The fraction of sp³-hybridized carbons (Fsp3) is 0.0938. The van der Waals surface area contributed by atoms with Crippen molar-refractivity contribution in [3.05, 3.63) is 126 Å². The van der Waals surface area contributed by atoms with Crippen LogP contribution in [0.25, 0.3) is 6.08 Å². The lowest BCUT2D eigenvalue weighted by Gasteiger charge is -2.19. The Labute approximate surface area is 227 Å². The molecule has 0 aromatic heterocycles. The summed E-state index contributed by atoms with van der Waals surface area (Å²) in [7, 11) is 1.59. The zero-order valence-corrected chi connectivity index (χ0v) is 21.6. The minimum atomic E-state index is -0.247. The number of amidine groups is 1. The van der Waals surface area contributed by atoms with Crippen LogP contribution in [0.2, 0.25) is 0 Å². The maximum atomic E-state index is 13.5. The molecule has 7 nitrogen and oxygen atoms in total. The van der Waals surface area contributed by atoms with Gasteiger partial charge in [0, 0.05) is 17.3 Å². The Morgan fingerprint density at radius 1 is 0.897 bits per heavy atom. The number of methoxy groups -OCH3 is 1. The van der Waals surface area contributed by atoms with Crippen molar-refractivity contribution in [1.82, 2.24) is 0 Å². The van der Waals surface area contributed by atoms with Gasteiger partial charge in [-0.25, -0.2) is 4.99 Å². The van der Waals surface area contributed by atoms with E-state index >= 15 is 0 Å². The summed E-state index contributed by atoms with van der Waals surface area (Å²) in [6, 6.07) is 31.6. The third-order valence-electron chi connectivity index (χ3n) is 6.06. The average molecular weight is 518 g/mol. The van der Waals surface area contributed by atoms with E-state index in [1.54, 1.807) is 36.3 Å². The average Bonchev–Trinajstić information content (AvgIpc) is 3.28. The number of rotatable bonds is 8. The Balaban J connectivity index is 1.32. The number of aliphatic imine (C=N–C) groups is 1. The molecule has 39 heavy (non-hydrogen) atoms. The van der Waals surface area contributed by atoms with E-state index in [-0.39, 0.29) is 18.4 Å². The third-order valence-corrected chi connectivity index (χ3v) is 6.06. The molecule has 0 fully saturated rings.